The third-order valence-corrected chi connectivity index (χ3v) is 2.50. The van der Waals surface area contributed by atoms with Gasteiger partial charge in [-0.2, -0.15) is 0 Å². The van der Waals surface area contributed by atoms with E-state index in [0.29, 0.717) is 17.5 Å². The molecule has 0 amide bonds. The van der Waals surface area contributed by atoms with Crippen LogP contribution in [-0.2, 0) is 0 Å². The Hall–Kier alpha value is -1.40. The maximum Gasteiger partial charge on any atom is 0.135 e. The summed E-state index contributed by atoms with van der Waals surface area (Å²) in [5.41, 5.74) is 6.53. The van der Waals surface area contributed by atoms with Gasteiger partial charge in [-0.1, -0.05) is 13.8 Å². The van der Waals surface area contributed by atoms with E-state index in [1.54, 1.807) is 6.92 Å². The molecule has 1 aromatic rings. The third kappa shape index (κ3) is 3.28. The molecule has 0 saturated carbocycles. The van der Waals surface area contributed by atoms with Gasteiger partial charge in [0.05, 0.1) is 19.3 Å². The van der Waals surface area contributed by atoms with Gasteiger partial charge in [0.1, 0.15) is 17.5 Å². The molecule has 1 rings (SSSR count). The molecule has 0 radical (unpaired) electrons. The summed E-state index contributed by atoms with van der Waals surface area (Å²) in [7, 11) is 0. The van der Waals surface area contributed by atoms with E-state index >= 15 is 0 Å². The molecule has 0 saturated heterocycles. The van der Waals surface area contributed by atoms with Gasteiger partial charge < -0.3 is 21.3 Å². The SMILES string of the molecule is Cc1c(N)nc(C(C)C)nc1NC(CO)CO. The maximum atomic E-state index is 9.03. The first-order valence-electron chi connectivity index (χ1n) is 5.61. The summed E-state index contributed by atoms with van der Waals surface area (Å²) in [5, 5.41) is 21.0. The number of hydrogen-bond acceptors (Lipinski definition) is 6. The molecule has 0 spiro atoms. The molecule has 6 heteroatoms. The molecule has 96 valence electrons. The van der Waals surface area contributed by atoms with Gasteiger partial charge in [-0.15, -0.1) is 0 Å². The largest absolute Gasteiger partial charge is 0.394 e. The first kappa shape index (κ1) is 13.7. The summed E-state index contributed by atoms with van der Waals surface area (Å²) in [6.45, 7) is 5.41. The Morgan fingerprint density at radius 2 is 1.82 bits per heavy atom. The summed E-state index contributed by atoms with van der Waals surface area (Å²) < 4.78 is 0. The normalized spacial score (nSPS) is 11.2. The third-order valence-electron chi connectivity index (χ3n) is 2.50. The van der Waals surface area contributed by atoms with Crippen molar-refractivity contribution in [3.05, 3.63) is 11.4 Å². The van der Waals surface area contributed by atoms with Gasteiger partial charge in [0.25, 0.3) is 0 Å². The Morgan fingerprint density at radius 1 is 1.24 bits per heavy atom. The lowest BCUT2D eigenvalue weighted by atomic mass is 10.2. The van der Waals surface area contributed by atoms with Crippen LogP contribution >= 0.6 is 0 Å². The van der Waals surface area contributed by atoms with Crippen molar-refractivity contribution in [3.8, 4) is 0 Å². The van der Waals surface area contributed by atoms with Crippen molar-refractivity contribution in [2.75, 3.05) is 24.3 Å². The Balaban J connectivity index is 3.05. The number of aliphatic hydroxyl groups is 2. The molecule has 0 aliphatic carbocycles. The molecule has 6 nitrogen and oxygen atoms in total. The topological polar surface area (TPSA) is 104 Å². The molecule has 1 aromatic heterocycles. The van der Waals surface area contributed by atoms with E-state index < -0.39 is 6.04 Å². The van der Waals surface area contributed by atoms with Crippen LogP contribution in [0, 0.1) is 6.92 Å². The van der Waals surface area contributed by atoms with Gasteiger partial charge in [0.2, 0.25) is 0 Å². The van der Waals surface area contributed by atoms with Crippen LogP contribution in [-0.4, -0.2) is 39.4 Å². The van der Waals surface area contributed by atoms with Crippen molar-refractivity contribution in [2.45, 2.75) is 32.7 Å². The number of nitrogens with one attached hydrogen (secondary N) is 1. The minimum atomic E-state index is -0.442. The number of anilines is 2. The van der Waals surface area contributed by atoms with Crippen molar-refractivity contribution < 1.29 is 10.2 Å². The van der Waals surface area contributed by atoms with E-state index in [0.717, 1.165) is 5.56 Å². The molecule has 0 aliphatic rings. The van der Waals surface area contributed by atoms with E-state index in [1.165, 1.54) is 0 Å². The minimum Gasteiger partial charge on any atom is -0.394 e. The van der Waals surface area contributed by atoms with E-state index in [4.69, 9.17) is 15.9 Å². The highest BCUT2D eigenvalue weighted by Crippen LogP contribution is 2.21. The predicted molar refractivity (Wildman–Crippen MR) is 66.9 cm³/mol. The van der Waals surface area contributed by atoms with Crippen LogP contribution in [0.4, 0.5) is 11.6 Å². The van der Waals surface area contributed by atoms with E-state index in [2.05, 4.69) is 15.3 Å². The van der Waals surface area contributed by atoms with Gasteiger partial charge in [-0.3, -0.25) is 0 Å². The van der Waals surface area contributed by atoms with Crippen LogP contribution in [0.15, 0.2) is 0 Å². The second kappa shape index (κ2) is 5.79. The van der Waals surface area contributed by atoms with Crippen molar-refractivity contribution in [2.24, 2.45) is 0 Å². The summed E-state index contributed by atoms with van der Waals surface area (Å²) in [4.78, 5) is 8.54. The van der Waals surface area contributed by atoms with Crippen LogP contribution in [0.3, 0.4) is 0 Å². The highest BCUT2D eigenvalue weighted by molar-refractivity contribution is 5.55. The van der Waals surface area contributed by atoms with Crippen LogP contribution in [0.2, 0.25) is 0 Å². The van der Waals surface area contributed by atoms with Crippen molar-refractivity contribution in [1.82, 2.24) is 9.97 Å². The number of nitrogen functional groups attached to an aromatic ring is 1. The second-order valence-electron chi connectivity index (χ2n) is 4.30. The van der Waals surface area contributed by atoms with Gasteiger partial charge in [0.15, 0.2) is 0 Å². The predicted octanol–water partition coefficient (Wildman–Crippen LogP) is 0.256. The van der Waals surface area contributed by atoms with E-state index in [9.17, 15) is 0 Å². The zero-order chi connectivity index (χ0) is 13.0. The number of nitrogens with zero attached hydrogens (tertiary/aromatic N) is 2. The number of rotatable bonds is 5. The zero-order valence-corrected chi connectivity index (χ0v) is 10.4. The van der Waals surface area contributed by atoms with Crippen LogP contribution in [0.5, 0.6) is 0 Å². The average molecular weight is 240 g/mol. The first-order chi connectivity index (χ1) is 7.99. The Kier molecular flexibility index (Phi) is 4.65. The van der Waals surface area contributed by atoms with E-state index in [-0.39, 0.29) is 19.1 Å². The molecular formula is C11H20N4O2. The standard InChI is InChI=1S/C11H20N4O2/c1-6(2)10-14-9(12)7(3)11(15-10)13-8(4-16)5-17/h6,8,16-17H,4-5H2,1-3H3,(H3,12,13,14,15). The fraction of sp³-hybridized carbons (Fsp3) is 0.636. The molecule has 0 unspecified atom stereocenters. The van der Waals surface area contributed by atoms with Crippen molar-refractivity contribution >= 4 is 11.6 Å². The fourth-order valence-corrected chi connectivity index (χ4v) is 1.29. The van der Waals surface area contributed by atoms with Gasteiger partial charge in [0, 0.05) is 11.5 Å². The maximum absolute atomic E-state index is 9.03. The smallest absolute Gasteiger partial charge is 0.135 e. The van der Waals surface area contributed by atoms with Gasteiger partial charge in [-0.05, 0) is 6.92 Å². The lowest BCUT2D eigenvalue weighted by Gasteiger charge is -2.18. The zero-order valence-electron chi connectivity index (χ0n) is 10.4. The molecule has 0 atom stereocenters. The lowest BCUT2D eigenvalue weighted by Crippen LogP contribution is -2.29. The average Bonchev–Trinajstić information content (AvgIpc) is 2.30. The Bertz CT molecular complexity index is 378. The first-order valence-corrected chi connectivity index (χ1v) is 5.61. The van der Waals surface area contributed by atoms with Gasteiger partial charge in [-0.25, -0.2) is 9.97 Å². The second-order valence-corrected chi connectivity index (χ2v) is 4.30. The summed E-state index contributed by atoms with van der Waals surface area (Å²) >= 11 is 0. The quantitative estimate of drug-likeness (QED) is 0.588. The van der Waals surface area contributed by atoms with Crippen LogP contribution in [0.25, 0.3) is 0 Å². The molecule has 0 fully saturated rings. The van der Waals surface area contributed by atoms with Crippen molar-refractivity contribution in [1.29, 1.82) is 0 Å². The summed E-state index contributed by atoms with van der Waals surface area (Å²) in [5.74, 6) is 1.79. The molecule has 5 N–H and O–H groups in total. The van der Waals surface area contributed by atoms with Crippen LogP contribution in [0.1, 0.15) is 31.2 Å². The number of nitrogens with two attached hydrogens (primary N) is 1. The highest BCUT2D eigenvalue weighted by atomic mass is 16.3. The number of aromatic nitrogens is 2. The van der Waals surface area contributed by atoms with E-state index in [1.807, 2.05) is 13.8 Å². The van der Waals surface area contributed by atoms with Gasteiger partial charge >= 0.3 is 0 Å². The molecule has 0 aromatic carbocycles. The molecule has 17 heavy (non-hydrogen) atoms. The molecule has 0 aliphatic heterocycles. The highest BCUT2D eigenvalue weighted by Gasteiger charge is 2.14. The van der Waals surface area contributed by atoms with Crippen LogP contribution < -0.4 is 11.1 Å². The lowest BCUT2D eigenvalue weighted by molar-refractivity contribution is 0.203. The molecule has 0 bridgehead atoms. The number of hydrogen-bond donors (Lipinski definition) is 4. The Labute approximate surface area is 101 Å². The fourth-order valence-electron chi connectivity index (χ4n) is 1.29. The molecular weight excluding hydrogens is 220 g/mol. The monoisotopic (exact) mass is 240 g/mol. The Morgan fingerprint density at radius 3 is 2.29 bits per heavy atom. The molecule has 1 heterocycles. The summed E-state index contributed by atoms with van der Waals surface area (Å²) in [6.07, 6.45) is 0. The summed E-state index contributed by atoms with van der Waals surface area (Å²) in [6, 6.07) is -0.442. The minimum absolute atomic E-state index is 0.167. The number of aliphatic hydroxyl groups excluding tert-OH is 2. The van der Waals surface area contributed by atoms with Crippen molar-refractivity contribution in [3.63, 3.8) is 0 Å².